The van der Waals surface area contributed by atoms with Gasteiger partial charge in [0, 0.05) is 23.7 Å². The largest absolute Gasteiger partial charge is 0.325 e. The van der Waals surface area contributed by atoms with Crippen molar-refractivity contribution >= 4 is 33.1 Å². The molecule has 3 aromatic rings. The Morgan fingerprint density at radius 1 is 1.09 bits per heavy atom. The van der Waals surface area contributed by atoms with Crippen molar-refractivity contribution in [2.45, 2.75) is 56.9 Å². The van der Waals surface area contributed by atoms with Gasteiger partial charge in [-0.15, -0.1) is 0 Å². The molecule has 10 heteroatoms. The number of anilines is 4. The molecule has 0 bridgehead atoms. The number of halogens is 1. The van der Waals surface area contributed by atoms with Crippen LogP contribution in [0, 0.1) is 19.7 Å². The normalized spacial score (nSPS) is 15.0. The average molecular weight is 459 g/mol. The van der Waals surface area contributed by atoms with Crippen LogP contribution in [0.3, 0.4) is 0 Å². The van der Waals surface area contributed by atoms with Gasteiger partial charge in [-0.1, -0.05) is 19.3 Å². The lowest BCUT2D eigenvalue weighted by atomic mass is 9.95. The van der Waals surface area contributed by atoms with Gasteiger partial charge < -0.3 is 10.6 Å². The first-order valence-corrected chi connectivity index (χ1v) is 12.5. The fourth-order valence-corrected chi connectivity index (χ4v) is 4.74. The number of hydrogen-bond donors (Lipinski definition) is 2. The number of aryl methyl sites for hydroxylation is 1. The van der Waals surface area contributed by atoms with Gasteiger partial charge in [0.1, 0.15) is 22.3 Å². The second-order valence-electron chi connectivity index (χ2n) is 8.23. The van der Waals surface area contributed by atoms with Crippen LogP contribution in [0.2, 0.25) is 0 Å². The second-order valence-corrected chi connectivity index (χ2v) is 10.2. The minimum atomic E-state index is -3.69. The molecule has 32 heavy (non-hydrogen) atoms. The first-order chi connectivity index (χ1) is 15.2. The molecular weight excluding hydrogens is 431 g/mol. The Balaban J connectivity index is 1.59. The lowest BCUT2D eigenvalue weighted by Gasteiger charge is -2.24. The van der Waals surface area contributed by atoms with E-state index in [1.165, 1.54) is 31.4 Å². The Hall–Kier alpha value is -3.01. The zero-order chi connectivity index (χ0) is 22.9. The fourth-order valence-electron chi connectivity index (χ4n) is 3.97. The highest BCUT2D eigenvalue weighted by Crippen LogP contribution is 2.33. The van der Waals surface area contributed by atoms with E-state index in [2.05, 4.69) is 25.3 Å². The predicted octanol–water partition coefficient (Wildman–Crippen LogP) is 4.82. The van der Waals surface area contributed by atoms with Gasteiger partial charge in [0.15, 0.2) is 9.84 Å². The third-order valence-corrected chi connectivity index (χ3v) is 6.91. The molecule has 0 atom stereocenters. The summed E-state index contributed by atoms with van der Waals surface area (Å²) < 4.78 is 39.6. The SMILES string of the molecule is Cc1nn(C2CCCCC2)c(Nc2ccnc(Nc3ccc(F)c(S(C)(=O)=O)c3)n2)c1C. The van der Waals surface area contributed by atoms with E-state index in [0.29, 0.717) is 17.5 Å². The van der Waals surface area contributed by atoms with E-state index in [9.17, 15) is 12.8 Å². The van der Waals surface area contributed by atoms with Gasteiger partial charge >= 0.3 is 0 Å². The van der Waals surface area contributed by atoms with Crippen molar-refractivity contribution < 1.29 is 12.8 Å². The third kappa shape index (κ3) is 4.74. The molecule has 1 aromatic carbocycles. The highest BCUT2D eigenvalue weighted by atomic mass is 32.2. The van der Waals surface area contributed by atoms with Crippen LogP contribution in [0.5, 0.6) is 0 Å². The summed E-state index contributed by atoms with van der Waals surface area (Å²) in [6, 6.07) is 5.91. The topological polar surface area (TPSA) is 102 Å². The zero-order valence-electron chi connectivity index (χ0n) is 18.4. The lowest BCUT2D eigenvalue weighted by Crippen LogP contribution is -2.16. The van der Waals surface area contributed by atoms with Gasteiger partial charge in [-0.3, -0.25) is 0 Å². The number of sulfone groups is 1. The maximum Gasteiger partial charge on any atom is 0.229 e. The molecule has 0 saturated heterocycles. The average Bonchev–Trinajstić information content (AvgIpc) is 3.04. The number of aromatic nitrogens is 4. The van der Waals surface area contributed by atoms with Crippen molar-refractivity contribution in [2.75, 3.05) is 16.9 Å². The molecule has 0 aliphatic heterocycles. The molecule has 0 unspecified atom stereocenters. The van der Waals surface area contributed by atoms with Gasteiger partial charge in [0.25, 0.3) is 0 Å². The zero-order valence-corrected chi connectivity index (χ0v) is 19.2. The Bertz CT molecular complexity index is 1240. The first kappa shape index (κ1) is 22.2. The molecular formula is C22H27FN6O2S. The summed E-state index contributed by atoms with van der Waals surface area (Å²) in [6.07, 6.45) is 8.47. The fraction of sp³-hybridized carbons (Fsp3) is 0.409. The number of nitrogens with one attached hydrogen (secondary N) is 2. The summed E-state index contributed by atoms with van der Waals surface area (Å²) in [5.41, 5.74) is 2.42. The van der Waals surface area contributed by atoms with Crippen LogP contribution >= 0.6 is 0 Å². The van der Waals surface area contributed by atoms with Crippen LogP contribution in [0.15, 0.2) is 35.4 Å². The molecule has 1 saturated carbocycles. The van der Waals surface area contributed by atoms with E-state index in [-0.39, 0.29) is 10.8 Å². The maximum atomic E-state index is 13.9. The number of benzene rings is 1. The summed E-state index contributed by atoms with van der Waals surface area (Å²) >= 11 is 0. The minimum absolute atomic E-state index is 0.263. The van der Waals surface area contributed by atoms with Crippen molar-refractivity contribution in [1.29, 1.82) is 0 Å². The first-order valence-electron chi connectivity index (χ1n) is 10.6. The van der Waals surface area contributed by atoms with Crippen LogP contribution in [-0.4, -0.2) is 34.4 Å². The quantitative estimate of drug-likeness (QED) is 0.546. The number of hydrogen-bond acceptors (Lipinski definition) is 7. The summed E-state index contributed by atoms with van der Waals surface area (Å²) in [6.45, 7) is 4.04. The Labute approximate surface area is 187 Å². The summed E-state index contributed by atoms with van der Waals surface area (Å²) in [7, 11) is -3.69. The van der Waals surface area contributed by atoms with E-state index < -0.39 is 15.7 Å². The van der Waals surface area contributed by atoms with E-state index in [1.807, 2.05) is 13.8 Å². The van der Waals surface area contributed by atoms with Crippen LogP contribution < -0.4 is 10.6 Å². The van der Waals surface area contributed by atoms with E-state index in [1.54, 1.807) is 12.3 Å². The van der Waals surface area contributed by atoms with E-state index in [0.717, 1.165) is 42.2 Å². The molecule has 1 aliphatic carbocycles. The maximum absolute atomic E-state index is 13.9. The summed E-state index contributed by atoms with van der Waals surface area (Å²) in [5, 5.41) is 11.1. The van der Waals surface area contributed by atoms with Crippen molar-refractivity contribution in [3.8, 4) is 0 Å². The molecule has 170 valence electrons. The Kier molecular flexibility index (Phi) is 6.14. The van der Waals surface area contributed by atoms with Crippen LogP contribution in [0.25, 0.3) is 0 Å². The second kappa shape index (κ2) is 8.85. The Morgan fingerprint density at radius 3 is 2.56 bits per heavy atom. The minimum Gasteiger partial charge on any atom is -0.325 e. The van der Waals surface area contributed by atoms with Gasteiger partial charge in [-0.05, 0) is 51.0 Å². The van der Waals surface area contributed by atoms with Gasteiger partial charge in [-0.2, -0.15) is 10.1 Å². The highest BCUT2D eigenvalue weighted by molar-refractivity contribution is 7.90. The van der Waals surface area contributed by atoms with Gasteiger partial charge in [0.05, 0.1) is 11.7 Å². The molecule has 4 rings (SSSR count). The molecule has 0 radical (unpaired) electrons. The number of nitrogens with zero attached hydrogens (tertiary/aromatic N) is 4. The Morgan fingerprint density at radius 2 is 1.84 bits per heavy atom. The third-order valence-electron chi connectivity index (χ3n) is 5.79. The molecule has 1 fully saturated rings. The smallest absolute Gasteiger partial charge is 0.229 e. The summed E-state index contributed by atoms with van der Waals surface area (Å²) in [4.78, 5) is 8.32. The molecule has 8 nitrogen and oxygen atoms in total. The number of rotatable bonds is 6. The van der Waals surface area contributed by atoms with Gasteiger partial charge in [0.2, 0.25) is 5.95 Å². The van der Waals surface area contributed by atoms with Crippen LogP contribution in [0.1, 0.15) is 49.4 Å². The van der Waals surface area contributed by atoms with Crippen LogP contribution in [-0.2, 0) is 9.84 Å². The molecule has 2 N–H and O–H groups in total. The molecule has 0 amide bonds. The lowest BCUT2D eigenvalue weighted by molar-refractivity contribution is 0.332. The van der Waals surface area contributed by atoms with Crippen molar-refractivity contribution in [3.05, 3.63) is 47.5 Å². The predicted molar refractivity (Wildman–Crippen MR) is 122 cm³/mol. The molecule has 2 aromatic heterocycles. The van der Waals surface area contributed by atoms with Crippen molar-refractivity contribution in [2.24, 2.45) is 0 Å². The highest BCUT2D eigenvalue weighted by Gasteiger charge is 2.22. The van der Waals surface area contributed by atoms with Gasteiger partial charge in [-0.25, -0.2) is 22.5 Å². The van der Waals surface area contributed by atoms with Crippen LogP contribution in [0.4, 0.5) is 27.7 Å². The molecule has 0 spiro atoms. The monoisotopic (exact) mass is 458 g/mol. The van der Waals surface area contributed by atoms with Crippen molar-refractivity contribution in [1.82, 2.24) is 19.7 Å². The molecule has 1 aliphatic rings. The summed E-state index contributed by atoms with van der Waals surface area (Å²) in [5.74, 6) is 0.962. The van der Waals surface area contributed by atoms with E-state index in [4.69, 9.17) is 5.10 Å². The van der Waals surface area contributed by atoms with Crippen molar-refractivity contribution in [3.63, 3.8) is 0 Å². The standard InChI is InChI=1S/C22H27FN6O2S/c1-14-15(2)28-29(17-7-5-4-6-8-17)21(14)26-20-11-12-24-22(27-20)25-16-9-10-18(23)19(13-16)32(3,30)31/h9-13,17H,4-8H2,1-3H3,(H2,24,25,26,27). The van der Waals surface area contributed by atoms with E-state index >= 15 is 0 Å². The molecule has 2 heterocycles.